The molecule has 0 saturated carbocycles. The van der Waals surface area contributed by atoms with E-state index < -0.39 is 11.9 Å². The van der Waals surface area contributed by atoms with Crippen LogP contribution in [0.25, 0.3) is 0 Å². The maximum absolute atomic E-state index is 11.1. The number of carbonyl (C=O) groups is 2. The number of carbonyl (C=O) groups excluding carboxylic acids is 2. The lowest BCUT2D eigenvalue weighted by molar-refractivity contribution is -0.125. The summed E-state index contributed by atoms with van der Waals surface area (Å²) in [5.41, 5.74) is 8.41. The minimum Gasteiger partial charge on any atom is -0.465 e. The number of aromatic nitrogens is 1. The molecule has 0 radical (unpaired) electrons. The highest BCUT2D eigenvalue weighted by Crippen LogP contribution is 2.01. The Kier molecular flexibility index (Phi) is 5.05. The number of amides is 1. The van der Waals surface area contributed by atoms with Crippen LogP contribution in [-0.2, 0) is 20.9 Å². The van der Waals surface area contributed by atoms with E-state index in [4.69, 9.17) is 10.6 Å². The third-order valence-electron chi connectivity index (χ3n) is 1.82. The van der Waals surface area contributed by atoms with Crippen LogP contribution < -0.4 is 11.2 Å². The summed E-state index contributed by atoms with van der Waals surface area (Å²) in [6.45, 7) is 0.0922. The second-order valence-corrected chi connectivity index (χ2v) is 3.11. The van der Waals surface area contributed by atoms with Crippen molar-refractivity contribution < 1.29 is 19.2 Å². The Morgan fingerprint density at radius 3 is 2.76 bits per heavy atom. The van der Waals surface area contributed by atoms with E-state index in [0.29, 0.717) is 17.8 Å². The van der Waals surface area contributed by atoms with E-state index in [0.717, 1.165) is 0 Å². The summed E-state index contributed by atoms with van der Waals surface area (Å²) in [6.07, 6.45) is 1.40. The molecule has 1 aromatic heterocycles. The number of pyridine rings is 1. The van der Waals surface area contributed by atoms with Crippen LogP contribution in [0, 0.1) is 0 Å². The average molecular weight is 239 g/mol. The molecule has 0 spiro atoms. The predicted octanol–water partition coefficient (Wildman–Crippen LogP) is -0.625. The molecule has 0 aliphatic heterocycles. The minimum atomic E-state index is -0.563. The van der Waals surface area contributed by atoms with Gasteiger partial charge in [-0.15, -0.1) is 0 Å². The number of methoxy groups -OCH3 is 1. The molecule has 3 N–H and O–H groups in total. The summed E-state index contributed by atoms with van der Waals surface area (Å²) >= 11 is 0. The predicted molar refractivity (Wildman–Crippen MR) is 57.6 cm³/mol. The topological polar surface area (TPSA) is 104 Å². The summed E-state index contributed by atoms with van der Waals surface area (Å²) in [7, 11) is 1.30. The van der Waals surface area contributed by atoms with E-state index in [9.17, 15) is 9.59 Å². The van der Waals surface area contributed by atoms with Gasteiger partial charge in [-0.2, -0.15) is 5.48 Å². The summed E-state index contributed by atoms with van der Waals surface area (Å²) in [4.78, 5) is 30.2. The molecule has 7 nitrogen and oxygen atoms in total. The maximum Gasteiger partial charge on any atom is 0.339 e. The first-order valence-corrected chi connectivity index (χ1v) is 4.79. The van der Waals surface area contributed by atoms with Crippen molar-refractivity contribution in [3.63, 3.8) is 0 Å². The number of esters is 1. The molecule has 1 heterocycles. The Morgan fingerprint density at radius 1 is 1.47 bits per heavy atom. The second kappa shape index (κ2) is 6.56. The first kappa shape index (κ1) is 13.1. The fourth-order valence-electron chi connectivity index (χ4n) is 1.01. The maximum atomic E-state index is 11.1. The van der Waals surface area contributed by atoms with Crippen LogP contribution in [-0.4, -0.2) is 30.6 Å². The zero-order valence-electron chi connectivity index (χ0n) is 9.30. The van der Waals surface area contributed by atoms with Crippen molar-refractivity contribution >= 4 is 11.9 Å². The Morgan fingerprint density at radius 2 is 2.24 bits per heavy atom. The number of hydroxylamine groups is 1. The molecule has 1 rings (SSSR count). The van der Waals surface area contributed by atoms with Crippen LogP contribution >= 0.6 is 0 Å². The highest BCUT2D eigenvalue weighted by molar-refractivity contribution is 5.88. The average Bonchev–Trinajstić information content (AvgIpc) is 2.34. The number of nitrogens with two attached hydrogens (primary N) is 1. The van der Waals surface area contributed by atoms with Crippen LogP contribution in [0.1, 0.15) is 16.1 Å². The molecule has 0 aliphatic carbocycles. The monoisotopic (exact) mass is 239 g/mol. The van der Waals surface area contributed by atoms with E-state index in [1.165, 1.54) is 13.3 Å². The van der Waals surface area contributed by atoms with E-state index in [1.807, 2.05) is 0 Å². The molecule has 0 atom stereocenters. The summed E-state index contributed by atoms with van der Waals surface area (Å²) in [6, 6.07) is 3.23. The van der Waals surface area contributed by atoms with Gasteiger partial charge in [0.2, 0.25) is 5.91 Å². The van der Waals surface area contributed by atoms with Crippen LogP contribution in [0.3, 0.4) is 0 Å². The van der Waals surface area contributed by atoms with E-state index >= 15 is 0 Å². The molecule has 0 aliphatic rings. The van der Waals surface area contributed by atoms with Gasteiger partial charge < -0.3 is 10.5 Å². The normalized spacial score (nSPS) is 9.94. The van der Waals surface area contributed by atoms with Crippen molar-refractivity contribution in [2.45, 2.75) is 6.54 Å². The number of hydrogen-bond donors (Lipinski definition) is 2. The van der Waals surface area contributed by atoms with Gasteiger partial charge in [0.15, 0.2) is 0 Å². The van der Waals surface area contributed by atoms with E-state index in [2.05, 4.69) is 15.2 Å². The number of nitrogens with one attached hydrogen (secondary N) is 1. The standard InChI is InChI=1S/C10H13N3O4/c1-16-10(15)7-2-3-8(12-4-7)5-13-17-6-9(11)14/h2-4,13H,5-6H2,1H3,(H2,11,14). The summed E-state index contributed by atoms with van der Waals surface area (Å²) in [5.74, 6) is -1.01. The van der Waals surface area contributed by atoms with Crippen molar-refractivity contribution in [2.24, 2.45) is 5.73 Å². The molecule has 0 aromatic carbocycles. The number of hydrogen-bond acceptors (Lipinski definition) is 6. The molecular formula is C10H13N3O4. The Balaban J connectivity index is 2.40. The SMILES string of the molecule is COC(=O)c1ccc(CNOCC(N)=O)nc1. The first-order valence-electron chi connectivity index (χ1n) is 4.79. The quantitative estimate of drug-likeness (QED) is 0.389. The lowest BCUT2D eigenvalue weighted by atomic mass is 10.2. The van der Waals surface area contributed by atoms with Gasteiger partial charge in [-0.1, -0.05) is 0 Å². The van der Waals surface area contributed by atoms with Crippen molar-refractivity contribution in [2.75, 3.05) is 13.7 Å². The van der Waals surface area contributed by atoms with Crippen LogP contribution in [0.4, 0.5) is 0 Å². The summed E-state index contributed by atoms with van der Waals surface area (Å²) in [5, 5.41) is 0. The molecule has 1 aromatic rings. The molecule has 0 saturated heterocycles. The van der Waals surface area contributed by atoms with E-state index in [-0.39, 0.29) is 6.61 Å². The minimum absolute atomic E-state index is 0.208. The molecule has 17 heavy (non-hydrogen) atoms. The summed E-state index contributed by atoms with van der Waals surface area (Å²) < 4.78 is 4.53. The van der Waals surface area contributed by atoms with Gasteiger partial charge in [0, 0.05) is 6.20 Å². The first-order chi connectivity index (χ1) is 8.13. The van der Waals surface area contributed by atoms with Crippen molar-refractivity contribution in [1.29, 1.82) is 0 Å². The smallest absolute Gasteiger partial charge is 0.339 e. The molecule has 7 heteroatoms. The number of nitrogens with zero attached hydrogens (tertiary/aromatic N) is 1. The largest absolute Gasteiger partial charge is 0.465 e. The van der Waals surface area contributed by atoms with Crippen molar-refractivity contribution in [3.05, 3.63) is 29.6 Å². The van der Waals surface area contributed by atoms with Crippen LogP contribution in [0.5, 0.6) is 0 Å². The Hall–Kier alpha value is -1.99. The van der Waals surface area contributed by atoms with Gasteiger partial charge >= 0.3 is 5.97 Å². The molecule has 0 fully saturated rings. The van der Waals surface area contributed by atoms with E-state index in [1.54, 1.807) is 12.1 Å². The highest BCUT2D eigenvalue weighted by Gasteiger charge is 2.05. The zero-order chi connectivity index (χ0) is 12.7. The number of rotatable bonds is 6. The van der Waals surface area contributed by atoms with Gasteiger partial charge in [-0.3, -0.25) is 14.6 Å². The van der Waals surface area contributed by atoms with Crippen LogP contribution in [0.15, 0.2) is 18.3 Å². The molecule has 0 unspecified atom stereocenters. The fraction of sp³-hybridized carbons (Fsp3) is 0.300. The second-order valence-electron chi connectivity index (χ2n) is 3.11. The third-order valence-corrected chi connectivity index (χ3v) is 1.82. The van der Waals surface area contributed by atoms with Crippen molar-refractivity contribution in [1.82, 2.24) is 10.5 Å². The lowest BCUT2D eigenvalue weighted by Gasteiger charge is -2.04. The third kappa shape index (κ3) is 4.58. The fourth-order valence-corrected chi connectivity index (χ4v) is 1.01. The van der Waals surface area contributed by atoms with Gasteiger partial charge in [-0.25, -0.2) is 4.79 Å². The molecule has 92 valence electrons. The highest BCUT2D eigenvalue weighted by atomic mass is 16.6. The van der Waals surface area contributed by atoms with Gasteiger partial charge in [0.1, 0.15) is 6.61 Å². The molecule has 0 bridgehead atoms. The van der Waals surface area contributed by atoms with Gasteiger partial charge in [0.25, 0.3) is 0 Å². The number of ether oxygens (including phenoxy) is 1. The Labute approximate surface area is 97.9 Å². The molecular weight excluding hydrogens is 226 g/mol. The van der Waals surface area contributed by atoms with Crippen LogP contribution in [0.2, 0.25) is 0 Å². The van der Waals surface area contributed by atoms with Crippen molar-refractivity contribution in [3.8, 4) is 0 Å². The zero-order valence-corrected chi connectivity index (χ0v) is 9.30. The number of primary amides is 1. The lowest BCUT2D eigenvalue weighted by Crippen LogP contribution is -2.24. The van der Waals surface area contributed by atoms with Gasteiger partial charge in [-0.05, 0) is 12.1 Å². The molecule has 1 amide bonds. The van der Waals surface area contributed by atoms with Gasteiger partial charge in [0.05, 0.1) is 24.9 Å². The Bertz CT molecular complexity index is 391.